The highest BCUT2D eigenvalue weighted by Crippen LogP contribution is 2.20. The molecule has 0 atom stereocenters. The lowest BCUT2D eigenvalue weighted by atomic mass is 10.3. The number of aromatic amines is 1. The smallest absolute Gasteiger partial charge is 0.158 e. The second-order valence-corrected chi connectivity index (χ2v) is 2.53. The number of aromatic nitrogens is 4. The Hall–Kier alpha value is -1.42. The number of hydrogen-bond donors (Lipinski definition) is 1. The van der Waals surface area contributed by atoms with E-state index in [0.717, 1.165) is 5.56 Å². The third kappa shape index (κ3) is 1.16. The van der Waals surface area contributed by atoms with Crippen molar-refractivity contribution < 1.29 is 0 Å². The van der Waals surface area contributed by atoms with Gasteiger partial charge in [-0.1, -0.05) is 11.6 Å². The lowest BCUT2D eigenvalue weighted by Gasteiger charge is -1.96. The molecular formula is C7H5ClN4. The maximum absolute atomic E-state index is 5.82. The van der Waals surface area contributed by atoms with Gasteiger partial charge in [-0.25, -0.2) is 9.97 Å². The molecule has 5 heteroatoms. The fraction of sp³-hybridized carbons (Fsp3) is 0. The molecule has 0 aromatic carbocycles. The summed E-state index contributed by atoms with van der Waals surface area (Å²) in [4.78, 5) is 7.87. The maximum Gasteiger partial charge on any atom is 0.158 e. The number of nitrogens with one attached hydrogen (secondary N) is 1. The van der Waals surface area contributed by atoms with Crippen LogP contribution in [0, 0.1) is 0 Å². The predicted molar refractivity (Wildman–Crippen MR) is 44.6 cm³/mol. The van der Waals surface area contributed by atoms with E-state index in [1.54, 1.807) is 12.3 Å². The van der Waals surface area contributed by atoms with Gasteiger partial charge in [0.15, 0.2) is 5.82 Å². The van der Waals surface area contributed by atoms with Crippen molar-refractivity contribution in [3.63, 3.8) is 0 Å². The summed E-state index contributed by atoms with van der Waals surface area (Å²) in [5, 5.41) is 6.85. The van der Waals surface area contributed by atoms with Gasteiger partial charge in [-0.05, 0) is 12.1 Å². The number of hydrogen-bond acceptors (Lipinski definition) is 3. The Morgan fingerprint density at radius 1 is 1.33 bits per heavy atom. The van der Waals surface area contributed by atoms with Crippen LogP contribution in [0.3, 0.4) is 0 Å². The normalized spacial score (nSPS) is 10.1. The van der Waals surface area contributed by atoms with Crippen LogP contribution < -0.4 is 0 Å². The van der Waals surface area contributed by atoms with Crippen LogP contribution in [0.25, 0.3) is 11.4 Å². The van der Waals surface area contributed by atoms with Gasteiger partial charge in [0.25, 0.3) is 0 Å². The summed E-state index contributed by atoms with van der Waals surface area (Å²) >= 11 is 5.82. The average Bonchev–Trinajstić information content (AvgIpc) is 2.57. The lowest BCUT2D eigenvalue weighted by Crippen LogP contribution is -1.84. The molecule has 0 fully saturated rings. The molecule has 2 heterocycles. The van der Waals surface area contributed by atoms with E-state index in [9.17, 15) is 0 Å². The van der Waals surface area contributed by atoms with Gasteiger partial charge in [0.1, 0.15) is 11.5 Å². The summed E-state index contributed by atoms with van der Waals surface area (Å²) in [6, 6.07) is 3.62. The number of H-pyrrole nitrogens is 1. The highest BCUT2D eigenvalue weighted by Gasteiger charge is 2.04. The van der Waals surface area contributed by atoms with Gasteiger partial charge in [-0.2, -0.15) is 5.10 Å². The maximum atomic E-state index is 5.82. The Balaban J connectivity index is 2.55. The Labute approximate surface area is 73.6 Å². The second kappa shape index (κ2) is 2.91. The Bertz CT molecular complexity index is 371. The van der Waals surface area contributed by atoms with Gasteiger partial charge in [0.2, 0.25) is 0 Å². The fourth-order valence-corrected chi connectivity index (χ4v) is 1.11. The van der Waals surface area contributed by atoms with E-state index in [1.807, 2.05) is 6.07 Å². The molecule has 2 aromatic heterocycles. The van der Waals surface area contributed by atoms with Crippen LogP contribution in [-0.4, -0.2) is 20.2 Å². The van der Waals surface area contributed by atoms with Gasteiger partial charge in [-0.3, -0.25) is 5.10 Å². The molecule has 12 heavy (non-hydrogen) atoms. The largest absolute Gasteiger partial charge is 0.259 e. The van der Waals surface area contributed by atoms with Gasteiger partial charge >= 0.3 is 0 Å². The molecule has 0 spiro atoms. The van der Waals surface area contributed by atoms with Crippen molar-refractivity contribution >= 4 is 11.6 Å². The summed E-state index contributed by atoms with van der Waals surface area (Å²) in [7, 11) is 0. The zero-order valence-corrected chi connectivity index (χ0v) is 6.78. The quantitative estimate of drug-likeness (QED) is 0.677. The Morgan fingerprint density at radius 3 is 2.92 bits per heavy atom. The Morgan fingerprint density at radius 2 is 2.25 bits per heavy atom. The first kappa shape index (κ1) is 7.24. The van der Waals surface area contributed by atoms with Crippen LogP contribution >= 0.6 is 11.6 Å². The molecule has 0 unspecified atom stereocenters. The van der Waals surface area contributed by atoms with Crippen molar-refractivity contribution in [3.05, 3.63) is 29.8 Å². The fourth-order valence-electron chi connectivity index (χ4n) is 0.898. The molecule has 0 saturated carbocycles. The standard InChI is InChI=1S/C7H5ClN4/c8-6-5(2-1-3-9-6)7-10-4-11-12-7/h1-4H,(H,10,11,12). The summed E-state index contributed by atoms with van der Waals surface area (Å²) in [5.74, 6) is 0.633. The highest BCUT2D eigenvalue weighted by molar-refractivity contribution is 6.31. The first-order valence-corrected chi connectivity index (χ1v) is 3.72. The summed E-state index contributed by atoms with van der Waals surface area (Å²) in [6.07, 6.45) is 3.06. The molecule has 2 rings (SSSR count). The molecular weight excluding hydrogens is 176 g/mol. The highest BCUT2D eigenvalue weighted by atomic mass is 35.5. The zero-order valence-electron chi connectivity index (χ0n) is 6.03. The zero-order chi connectivity index (χ0) is 8.39. The topological polar surface area (TPSA) is 54.5 Å². The molecule has 2 aromatic rings. The molecule has 0 saturated heterocycles. The third-order valence-electron chi connectivity index (χ3n) is 1.43. The van der Waals surface area contributed by atoms with Gasteiger partial charge in [-0.15, -0.1) is 0 Å². The molecule has 0 amide bonds. The summed E-state index contributed by atoms with van der Waals surface area (Å²) in [5.41, 5.74) is 0.761. The van der Waals surface area contributed by atoms with Crippen LogP contribution in [0.15, 0.2) is 24.7 Å². The minimum Gasteiger partial charge on any atom is -0.259 e. The summed E-state index contributed by atoms with van der Waals surface area (Å²) < 4.78 is 0. The molecule has 0 aliphatic rings. The number of halogens is 1. The number of rotatable bonds is 1. The first-order chi connectivity index (χ1) is 5.88. The minimum absolute atomic E-state index is 0.425. The lowest BCUT2D eigenvalue weighted by molar-refractivity contribution is 1.09. The van der Waals surface area contributed by atoms with Gasteiger partial charge < -0.3 is 0 Å². The van der Waals surface area contributed by atoms with Crippen LogP contribution in [-0.2, 0) is 0 Å². The van der Waals surface area contributed by atoms with E-state index in [0.29, 0.717) is 11.0 Å². The Kier molecular flexibility index (Phi) is 1.75. The summed E-state index contributed by atoms with van der Waals surface area (Å²) in [6.45, 7) is 0. The van der Waals surface area contributed by atoms with E-state index in [-0.39, 0.29) is 0 Å². The molecule has 4 nitrogen and oxygen atoms in total. The molecule has 0 bridgehead atoms. The monoisotopic (exact) mass is 180 g/mol. The van der Waals surface area contributed by atoms with Gasteiger partial charge in [0, 0.05) is 6.20 Å². The van der Waals surface area contributed by atoms with Crippen molar-refractivity contribution in [2.24, 2.45) is 0 Å². The van der Waals surface area contributed by atoms with E-state index in [4.69, 9.17) is 11.6 Å². The van der Waals surface area contributed by atoms with Crippen molar-refractivity contribution in [1.82, 2.24) is 20.2 Å². The predicted octanol–water partition coefficient (Wildman–Crippen LogP) is 1.52. The second-order valence-electron chi connectivity index (χ2n) is 2.18. The molecule has 0 radical (unpaired) electrons. The van der Waals surface area contributed by atoms with Crippen molar-refractivity contribution in [3.8, 4) is 11.4 Å². The SMILES string of the molecule is Clc1ncccc1-c1ncn[nH]1. The number of nitrogens with zero attached hydrogens (tertiary/aromatic N) is 3. The van der Waals surface area contributed by atoms with E-state index >= 15 is 0 Å². The average molecular weight is 181 g/mol. The number of pyridine rings is 1. The van der Waals surface area contributed by atoms with Crippen molar-refractivity contribution in [2.75, 3.05) is 0 Å². The van der Waals surface area contributed by atoms with Crippen LogP contribution in [0.2, 0.25) is 5.15 Å². The van der Waals surface area contributed by atoms with Crippen molar-refractivity contribution in [2.45, 2.75) is 0 Å². The molecule has 0 aliphatic heterocycles. The first-order valence-electron chi connectivity index (χ1n) is 3.34. The molecule has 1 N–H and O–H groups in total. The van der Waals surface area contributed by atoms with E-state index in [1.165, 1.54) is 6.33 Å². The van der Waals surface area contributed by atoms with Gasteiger partial charge in [0.05, 0.1) is 5.56 Å². The minimum atomic E-state index is 0.425. The van der Waals surface area contributed by atoms with Crippen LogP contribution in [0.1, 0.15) is 0 Å². The van der Waals surface area contributed by atoms with Crippen molar-refractivity contribution in [1.29, 1.82) is 0 Å². The molecule has 60 valence electrons. The molecule has 0 aliphatic carbocycles. The third-order valence-corrected chi connectivity index (χ3v) is 1.73. The van der Waals surface area contributed by atoms with E-state index in [2.05, 4.69) is 20.2 Å². The van der Waals surface area contributed by atoms with Crippen LogP contribution in [0.5, 0.6) is 0 Å². The van der Waals surface area contributed by atoms with Crippen LogP contribution in [0.4, 0.5) is 0 Å². The van der Waals surface area contributed by atoms with E-state index < -0.39 is 0 Å².